The number of hydrogen-bond acceptors (Lipinski definition) is 1. The lowest BCUT2D eigenvalue weighted by molar-refractivity contribution is 0.586. The maximum Gasteiger partial charge on any atom is 0.126 e. The van der Waals surface area contributed by atoms with Gasteiger partial charge >= 0.3 is 0 Å². The van der Waals surface area contributed by atoms with E-state index in [1.165, 1.54) is 0 Å². The van der Waals surface area contributed by atoms with Crippen LogP contribution in [0, 0.1) is 11.6 Å². The predicted octanol–water partition coefficient (Wildman–Crippen LogP) is 2.74. The molecular formula is C10H11ClF3N. The van der Waals surface area contributed by atoms with Crippen molar-refractivity contribution in [3.8, 4) is 0 Å². The van der Waals surface area contributed by atoms with E-state index in [-0.39, 0.29) is 36.5 Å². The first-order valence-electron chi connectivity index (χ1n) is 4.09. The maximum atomic E-state index is 13.0. The Balaban J connectivity index is 0.00000196. The first-order valence-corrected chi connectivity index (χ1v) is 4.09. The van der Waals surface area contributed by atoms with Crippen molar-refractivity contribution in [3.63, 3.8) is 0 Å². The number of halogens is 4. The zero-order chi connectivity index (χ0) is 10.6. The van der Waals surface area contributed by atoms with Gasteiger partial charge in [-0.1, -0.05) is 0 Å². The highest BCUT2D eigenvalue weighted by Gasteiger charge is 2.05. The van der Waals surface area contributed by atoms with Gasteiger partial charge in [-0.05, 0) is 29.3 Å². The molecule has 0 unspecified atom stereocenters. The van der Waals surface area contributed by atoms with Crippen LogP contribution in [0.2, 0.25) is 0 Å². The van der Waals surface area contributed by atoms with Crippen molar-refractivity contribution < 1.29 is 13.2 Å². The zero-order valence-corrected chi connectivity index (χ0v) is 8.66. The largest absolute Gasteiger partial charge is 0.327 e. The molecule has 0 saturated heterocycles. The Morgan fingerprint density at radius 3 is 2.53 bits per heavy atom. The Hall–Kier alpha value is -1.00. The summed E-state index contributed by atoms with van der Waals surface area (Å²) in [7, 11) is 0. The van der Waals surface area contributed by atoms with E-state index in [4.69, 9.17) is 5.73 Å². The van der Waals surface area contributed by atoms with Crippen molar-refractivity contribution in [2.75, 3.05) is 6.54 Å². The molecule has 0 atom stereocenters. The van der Waals surface area contributed by atoms with Crippen molar-refractivity contribution in [3.05, 3.63) is 47.3 Å². The van der Waals surface area contributed by atoms with Crippen LogP contribution in [0.5, 0.6) is 0 Å². The number of rotatable bonds is 3. The van der Waals surface area contributed by atoms with Gasteiger partial charge in [-0.2, -0.15) is 0 Å². The molecule has 0 aliphatic carbocycles. The molecule has 0 fully saturated rings. The Bertz CT molecular complexity index is 353. The molecule has 0 spiro atoms. The van der Waals surface area contributed by atoms with Gasteiger partial charge in [0.1, 0.15) is 11.6 Å². The molecule has 2 N–H and O–H groups in total. The Labute approximate surface area is 92.2 Å². The van der Waals surface area contributed by atoms with Gasteiger partial charge in [0.15, 0.2) is 0 Å². The van der Waals surface area contributed by atoms with E-state index in [1.54, 1.807) is 0 Å². The quantitative estimate of drug-likeness (QED) is 0.860. The van der Waals surface area contributed by atoms with E-state index >= 15 is 0 Å². The molecule has 0 amide bonds. The van der Waals surface area contributed by atoms with E-state index in [1.807, 2.05) is 0 Å². The predicted molar refractivity (Wildman–Crippen MR) is 55.6 cm³/mol. The number of nitrogens with two attached hydrogens (primary N) is 1. The van der Waals surface area contributed by atoms with Gasteiger partial charge in [-0.15, -0.1) is 12.4 Å². The summed E-state index contributed by atoms with van der Waals surface area (Å²) in [6, 6.07) is 3.06. The van der Waals surface area contributed by atoms with E-state index in [0.717, 1.165) is 18.2 Å². The fourth-order valence-electron chi connectivity index (χ4n) is 1.08. The van der Waals surface area contributed by atoms with Gasteiger partial charge in [0.2, 0.25) is 0 Å². The third-order valence-electron chi connectivity index (χ3n) is 1.84. The fraction of sp³-hybridized carbons (Fsp3) is 0.200. The van der Waals surface area contributed by atoms with Gasteiger partial charge in [0, 0.05) is 13.0 Å². The monoisotopic (exact) mass is 237 g/mol. The van der Waals surface area contributed by atoms with Crippen LogP contribution in [0.3, 0.4) is 0 Å². The number of hydrogen-bond donors (Lipinski definition) is 1. The van der Waals surface area contributed by atoms with Crippen LogP contribution >= 0.6 is 12.4 Å². The Morgan fingerprint density at radius 1 is 1.33 bits per heavy atom. The average molecular weight is 238 g/mol. The van der Waals surface area contributed by atoms with Gasteiger partial charge < -0.3 is 5.73 Å². The molecule has 0 aliphatic rings. The van der Waals surface area contributed by atoms with Crippen molar-refractivity contribution in [1.82, 2.24) is 0 Å². The molecule has 0 saturated carbocycles. The highest BCUT2D eigenvalue weighted by atomic mass is 35.5. The summed E-state index contributed by atoms with van der Waals surface area (Å²) >= 11 is 0. The second kappa shape index (κ2) is 6.48. The van der Waals surface area contributed by atoms with E-state index < -0.39 is 11.6 Å². The Kier molecular flexibility index (Phi) is 6.05. The third kappa shape index (κ3) is 3.93. The molecule has 1 aromatic carbocycles. The minimum absolute atomic E-state index is 0. The van der Waals surface area contributed by atoms with Crippen molar-refractivity contribution in [2.45, 2.75) is 6.42 Å². The second-order valence-electron chi connectivity index (χ2n) is 2.88. The van der Waals surface area contributed by atoms with Crippen LogP contribution in [0.1, 0.15) is 5.56 Å². The first-order chi connectivity index (χ1) is 6.67. The van der Waals surface area contributed by atoms with Crippen LogP contribution in [-0.4, -0.2) is 6.54 Å². The topological polar surface area (TPSA) is 26.0 Å². The molecule has 84 valence electrons. The lowest BCUT2D eigenvalue weighted by Crippen LogP contribution is -2.06. The molecule has 0 aromatic heterocycles. The zero-order valence-electron chi connectivity index (χ0n) is 7.84. The standard InChI is InChI=1S/C10H10F3N.ClH/c11-5-7(6-14)3-8-4-9(12)1-2-10(8)13;/h1-2,4-5H,3,6,14H2;1H. The summed E-state index contributed by atoms with van der Waals surface area (Å²) in [5, 5.41) is 0. The van der Waals surface area contributed by atoms with Crippen LogP contribution in [0.4, 0.5) is 13.2 Å². The smallest absolute Gasteiger partial charge is 0.126 e. The van der Waals surface area contributed by atoms with Crippen molar-refractivity contribution in [1.29, 1.82) is 0 Å². The van der Waals surface area contributed by atoms with Gasteiger partial charge in [0.25, 0.3) is 0 Å². The SMILES string of the molecule is Cl.NCC(=CF)Cc1cc(F)ccc1F. The minimum atomic E-state index is -0.556. The highest BCUT2D eigenvalue weighted by Crippen LogP contribution is 2.13. The van der Waals surface area contributed by atoms with E-state index in [9.17, 15) is 13.2 Å². The normalized spacial score (nSPS) is 11.1. The van der Waals surface area contributed by atoms with Crippen LogP contribution in [0.25, 0.3) is 0 Å². The van der Waals surface area contributed by atoms with Crippen LogP contribution in [-0.2, 0) is 6.42 Å². The average Bonchev–Trinajstić information content (AvgIpc) is 2.19. The molecule has 1 aromatic rings. The number of benzene rings is 1. The molecule has 15 heavy (non-hydrogen) atoms. The molecule has 0 aliphatic heterocycles. The first kappa shape index (κ1) is 14.0. The van der Waals surface area contributed by atoms with Gasteiger partial charge in [0.05, 0.1) is 6.33 Å². The molecule has 5 heteroatoms. The second-order valence-corrected chi connectivity index (χ2v) is 2.88. The maximum absolute atomic E-state index is 13.0. The Morgan fingerprint density at radius 2 is 2.00 bits per heavy atom. The summed E-state index contributed by atoms with van der Waals surface area (Å²) in [5.74, 6) is -1.10. The van der Waals surface area contributed by atoms with Crippen LogP contribution in [0.15, 0.2) is 30.1 Å². The van der Waals surface area contributed by atoms with E-state index in [2.05, 4.69) is 0 Å². The lowest BCUT2D eigenvalue weighted by atomic mass is 10.1. The minimum Gasteiger partial charge on any atom is -0.327 e. The highest BCUT2D eigenvalue weighted by molar-refractivity contribution is 5.85. The van der Waals surface area contributed by atoms with E-state index in [0.29, 0.717) is 6.33 Å². The summed E-state index contributed by atoms with van der Waals surface area (Å²) in [6.07, 6.45) is 0.320. The van der Waals surface area contributed by atoms with Crippen LogP contribution < -0.4 is 5.73 Å². The fourth-order valence-corrected chi connectivity index (χ4v) is 1.08. The van der Waals surface area contributed by atoms with Gasteiger partial charge in [-0.3, -0.25) is 0 Å². The summed E-state index contributed by atoms with van der Waals surface area (Å²) in [6.45, 7) is -0.00749. The molecule has 0 bridgehead atoms. The third-order valence-corrected chi connectivity index (χ3v) is 1.84. The molecular weight excluding hydrogens is 227 g/mol. The molecule has 0 heterocycles. The molecule has 0 radical (unpaired) electrons. The summed E-state index contributed by atoms with van der Waals surface area (Å²) in [5.41, 5.74) is 5.54. The van der Waals surface area contributed by atoms with Gasteiger partial charge in [-0.25, -0.2) is 13.2 Å². The summed E-state index contributed by atoms with van der Waals surface area (Å²) in [4.78, 5) is 0. The molecule has 1 nitrogen and oxygen atoms in total. The summed E-state index contributed by atoms with van der Waals surface area (Å²) < 4.78 is 37.9. The molecule has 1 rings (SSSR count). The van der Waals surface area contributed by atoms with Crippen molar-refractivity contribution in [2.24, 2.45) is 5.73 Å². The van der Waals surface area contributed by atoms with Crippen molar-refractivity contribution >= 4 is 12.4 Å². The lowest BCUT2D eigenvalue weighted by Gasteiger charge is -2.04.